The molecule has 2 aromatic rings. The van der Waals surface area contributed by atoms with Crippen LogP contribution >= 0.6 is 0 Å². The van der Waals surface area contributed by atoms with Crippen LogP contribution in [0.15, 0.2) is 72.8 Å². The van der Waals surface area contributed by atoms with Gasteiger partial charge in [-0.05, 0) is 17.9 Å². The molecule has 0 N–H and O–H groups in total. The molecule has 2 aromatic carbocycles. The number of esters is 2. The number of rotatable bonds is 13. The van der Waals surface area contributed by atoms with Crippen molar-refractivity contribution in [3.63, 3.8) is 0 Å². The lowest BCUT2D eigenvalue weighted by atomic mass is 9.92. The minimum absolute atomic E-state index is 0.135. The van der Waals surface area contributed by atoms with E-state index >= 15 is 0 Å². The van der Waals surface area contributed by atoms with E-state index in [-0.39, 0.29) is 6.42 Å². The van der Waals surface area contributed by atoms with Crippen LogP contribution in [0.25, 0.3) is 0 Å². The monoisotopic (exact) mass is 618 g/mol. The van der Waals surface area contributed by atoms with E-state index in [1.165, 1.54) is 48.6 Å². The number of ether oxygens (including phenoxy) is 4. The Morgan fingerprint density at radius 3 is 1.40 bits per heavy atom. The maximum Gasteiger partial charge on any atom is 0.432 e. The van der Waals surface area contributed by atoms with Gasteiger partial charge >= 0.3 is 24.3 Å². The molecule has 238 valence electrons. The summed E-state index contributed by atoms with van der Waals surface area (Å²) in [5.41, 5.74) is -7.73. The second-order valence-electron chi connectivity index (χ2n) is 10.5. The number of hydrogen-bond acceptors (Lipinski definition) is 6. The predicted molar refractivity (Wildman–Crippen MR) is 146 cm³/mol. The van der Waals surface area contributed by atoms with Gasteiger partial charge in [0, 0.05) is 31.8 Å². The topological polar surface area (TPSA) is 71.1 Å². The van der Waals surface area contributed by atoms with E-state index in [1.807, 2.05) is 0 Å². The highest BCUT2D eigenvalue weighted by molar-refractivity contribution is 5.83. The average molecular weight is 619 g/mol. The second-order valence-corrected chi connectivity index (χ2v) is 10.5. The Kier molecular flexibility index (Phi) is 12.0. The predicted octanol–water partition coefficient (Wildman–Crippen LogP) is 7.28. The molecular weight excluding hydrogens is 582 g/mol. The molecule has 0 aliphatic heterocycles. The Bertz CT molecular complexity index is 1210. The van der Waals surface area contributed by atoms with Crippen LogP contribution in [0.4, 0.5) is 26.3 Å². The van der Waals surface area contributed by atoms with E-state index < -0.39 is 70.7 Å². The molecule has 2 rings (SSSR count). The normalized spacial score (nSPS) is 16.9. The highest BCUT2D eigenvalue weighted by Gasteiger charge is 2.65. The van der Waals surface area contributed by atoms with Crippen molar-refractivity contribution in [1.82, 2.24) is 0 Å². The van der Waals surface area contributed by atoms with E-state index in [9.17, 15) is 35.9 Å². The maximum absolute atomic E-state index is 14.3. The first-order valence-corrected chi connectivity index (χ1v) is 13.4. The van der Waals surface area contributed by atoms with Crippen LogP contribution in [0.2, 0.25) is 0 Å². The summed E-state index contributed by atoms with van der Waals surface area (Å²) in [7, 11) is 1.50. The van der Waals surface area contributed by atoms with Gasteiger partial charge < -0.3 is 18.9 Å². The molecule has 0 saturated heterocycles. The summed E-state index contributed by atoms with van der Waals surface area (Å²) in [5.74, 6) is -4.35. The molecule has 43 heavy (non-hydrogen) atoms. The maximum atomic E-state index is 14.3. The second kappa shape index (κ2) is 14.4. The van der Waals surface area contributed by atoms with Gasteiger partial charge in [0.25, 0.3) is 11.2 Å². The molecule has 0 amide bonds. The van der Waals surface area contributed by atoms with Crippen molar-refractivity contribution in [3.05, 3.63) is 83.9 Å². The Morgan fingerprint density at radius 2 is 1.07 bits per heavy atom. The van der Waals surface area contributed by atoms with Gasteiger partial charge in [-0.3, -0.25) is 0 Å². The SMILES string of the molecule is CO[C@@](C(=O)O[C@@H](C/C=C\[C@@H](OC(=O)[C@](OC)(c1ccccc1)C(F)(F)F)C(C)C)C(C)C)(c1ccccc1)C(F)(F)F. The van der Waals surface area contributed by atoms with Crippen molar-refractivity contribution in [3.8, 4) is 0 Å². The van der Waals surface area contributed by atoms with Crippen molar-refractivity contribution < 1.29 is 54.9 Å². The zero-order chi connectivity index (χ0) is 32.6. The molecule has 6 nitrogen and oxygen atoms in total. The van der Waals surface area contributed by atoms with Gasteiger partial charge in [0.15, 0.2) is 0 Å². The molecule has 4 atom stereocenters. The van der Waals surface area contributed by atoms with Gasteiger partial charge in [0.05, 0.1) is 0 Å². The third-order valence-electron chi connectivity index (χ3n) is 6.94. The number of hydrogen-bond donors (Lipinski definition) is 0. The molecule has 0 spiro atoms. The summed E-state index contributed by atoms with van der Waals surface area (Å²) in [4.78, 5) is 26.2. The van der Waals surface area contributed by atoms with E-state index in [4.69, 9.17) is 18.9 Å². The zero-order valence-corrected chi connectivity index (χ0v) is 24.7. The fraction of sp³-hybridized carbons (Fsp3) is 0.484. The van der Waals surface area contributed by atoms with Gasteiger partial charge in [-0.1, -0.05) is 94.4 Å². The lowest BCUT2D eigenvalue weighted by molar-refractivity contribution is -0.279. The zero-order valence-electron chi connectivity index (χ0n) is 24.7. The van der Waals surface area contributed by atoms with Crippen LogP contribution in [-0.2, 0) is 39.7 Å². The van der Waals surface area contributed by atoms with Gasteiger partial charge in [-0.15, -0.1) is 0 Å². The molecule has 0 unspecified atom stereocenters. The molecule has 0 saturated carbocycles. The van der Waals surface area contributed by atoms with Crippen LogP contribution < -0.4 is 0 Å². The quantitative estimate of drug-likeness (QED) is 0.134. The van der Waals surface area contributed by atoms with E-state index in [0.717, 1.165) is 38.5 Å². The summed E-state index contributed by atoms with van der Waals surface area (Å²) < 4.78 is 106. The Balaban J connectivity index is 2.33. The highest BCUT2D eigenvalue weighted by Crippen LogP contribution is 2.44. The average Bonchev–Trinajstić information content (AvgIpc) is 2.92. The van der Waals surface area contributed by atoms with Crippen LogP contribution in [-0.4, -0.2) is 50.7 Å². The summed E-state index contributed by atoms with van der Waals surface area (Å²) in [6.45, 7) is 6.44. The van der Waals surface area contributed by atoms with Crippen LogP contribution in [0, 0.1) is 11.8 Å². The standard InChI is InChI=1S/C31H36F6O6/c1-20(2)24(42-26(38)28(40-5,30(32,33)34)22-14-9-7-10-15-22)18-13-19-25(21(3)4)43-27(39)29(41-6,31(35,36)37)23-16-11-8-12-17-23/h7-18,20-21,24-25H,19H2,1-6H3/b18-13-/t24-,25+,28-,29-/m1/s1. The lowest BCUT2D eigenvalue weighted by Crippen LogP contribution is -2.52. The van der Waals surface area contributed by atoms with E-state index in [2.05, 4.69) is 0 Å². The minimum Gasteiger partial charge on any atom is -0.459 e. The van der Waals surface area contributed by atoms with Crippen LogP contribution in [0.1, 0.15) is 45.2 Å². The number of halogens is 6. The van der Waals surface area contributed by atoms with Gasteiger partial charge in [0.2, 0.25) is 0 Å². The molecule has 0 aliphatic rings. The Hall–Kier alpha value is -3.38. The number of alkyl halides is 6. The number of carbonyl (C=O) groups is 2. The molecule has 0 heterocycles. The largest absolute Gasteiger partial charge is 0.459 e. The molecule has 0 aromatic heterocycles. The van der Waals surface area contributed by atoms with Crippen molar-refractivity contribution >= 4 is 11.9 Å². The first-order chi connectivity index (χ1) is 20.0. The fourth-order valence-electron chi connectivity index (χ4n) is 4.40. The molecule has 12 heteroatoms. The van der Waals surface area contributed by atoms with Gasteiger partial charge in [0.1, 0.15) is 12.2 Å². The Labute approximate surface area is 247 Å². The molecule has 0 aliphatic carbocycles. The molecular formula is C31H36F6O6. The number of carbonyl (C=O) groups excluding carboxylic acids is 2. The summed E-state index contributed by atoms with van der Waals surface area (Å²) >= 11 is 0. The van der Waals surface area contributed by atoms with Crippen molar-refractivity contribution in [2.45, 2.75) is 69.9 Å². The van der Waals surface area contributed by atoms with Crippen LogP contribution in [0.5, 0.6) is 0 Å². The molecule has 0 fully saturated rings. The summed E-state index contributed by atoms with van der Waals surface area (Å²) in [6.07, 6.45) is -10.1. The first-order valence-electron chi connectivity index (χ1n) is 13.4. The Morgan fingerprint density at radius 1 is 0.674 bits per heavy atom. The third kappa shape index (κ3) is 7.59. The molecule has 0 bridgehead atoms. The van der Waals surface area contributed by atoms with Crippen molar-refractivity contribution in [2.24, 2.45) is 11.8 Å². The lowest BCUT2D eigenvalue weighted by Gasteiger charge is -2.34. The van der Waals surface area contributed by atoms with E-state index in [0.29, 0.717) is 0 Å². The first kappa shape index (κ1) is 35.8. The fourth-order valence-corrected chi connectivity index (χ4v) is 4.40. The molecule has 0 radical (unpaired) electrons. The smallest absolute Gasteiger partial charge is 0.432 e. The minimum atomic E-state index is -5.17. The summed E-state index contributed by atoms with van der Waals surface area (Å²) in [5, 5.41) is 0. The van der Waals surface area contributed by atoms with Crippen molar-refractivity contribution in [2.75, 3.05) is 14.2 Å². The van der Waals surface area contributed by atoms with Gasteiger partial charge in [-0.2, -0.15) is 26.3 Å². The van der Waals surface area contributed by atoms with E-state index in [1.54, 1.807) is 27.7 Å². The summed E-state index contributed by atoms with van der Waals surface area (Å²) in [6, 6.07) is 12.6. The third-order valence-corrected chi connectivity index (χ3v) is 6.94. The number of methoxy groups -OCH3 is 2. The number of benzene rings is 2. The van der Waals surface area contributed by atoms with Crippen LogP contribution in [0.3, 0.4) is 0 Å². The van der Waals surface area contributed by atoms with Gasteiger partial charge in [-0.25, -0.2) is 9.59 Å². The van der Waals surface area contributed by atoms with Crippen molar-refractivity contribution in [1.29, 1.82) is 0 Å². The highest BCUT2D eigenvalue weighted by atomic mass is 19.4.